The van der Waals surface area contributed by atoms with Crippen molar-refractivity contribution in [1.82, 2.24) is 0 Å². The summed E-state index contributed by atoms with van der Waals surface area (Å²) in [7, 11) is 0. The maximum Gasteiger partial charge on any atom is 0.253 e. The van der Waals surface area contributed by atoms with Gasteiger partial charge in [0.25, 0.3) is 7.59 Å². The Labute approximate surface area is 152 Å². The van der Waals surface area contributed by atoms with Crippen molar-refractivity contribution in [1.29, 1.82) is 0 Å². The van der Waals surface area contributed by atoms with Crippen molar-refractivity contribution in [3.05, 3.63) is 33.9 Å². The van der Waals surface area contributed by atoms with Crippen molar-refractivity contribution < 1.29 is 9.59 Å². The van der Waals surface area contributed by atoms with E-state index in [1.165, 1.54) is 0 Å². The summed E-state index contributed by atoms with van der Waals surface area (Å²) in [5.74, 6) is -1.47. The van der Waals surface area contributed by atoms with Gasteiger partial charge >= 0.3 is 0 Å². The van der Waals surface area contributed by atoms with Crippen molar-refractivity contribution in [3.63, 3.8) is 0 Å². The van der Waals surface area contributed by atoms with Crippen molar-refractivity contribution in [2.24, 2.45) is 0 Å². The van der Waals surface area contributed by atoms with E-state index in [0.29, 0.717) is 16.7 Å². The largest absolute Gasteiger partial charge is 0.289 e. The van der Waals surface area contributed by atoms with Crippen molar-refractivity contribution in [2.75, 3.05) is 0 Å². The number of halogens is 6. The molecular weight excluding hydrogens is 401 g/mol. The van der Waals surface area contributed by atoms with Crippen LogP contribution in [0.5, 0.6) is 0 Å². The van der Waals surface area contributed by atoms with E-state index in [1.54, 1.807) is 26.8 Å². The lowest BCUT2D eigenvalue weighted by atomic mass is 9.89. The van der Waals surface area contributed by atoms with Gasteiger partial charge in [0, 0.05) is 11.1 Å². The van der Waals surface area contributed by atoms with Crippen LogP contribution in [0.3, 0.4) is 0 Å². The van der Waals surface area contributed by atoms with E-state index in [4.69, 9.17) is 69.6 Å². The Morgan fingerprint density at radius 2 is 1.05 bits per heavy atom. The highest BCUT2D eigenvalue weighted by Gasteiger charge is 2.38. The number of alkyl halides is 6. The average Bonchev–Trinajstić information content (AvgIpc) is 2.25. The van der Waals surface area contributed by atoms with E-state index in [2.05, 4.69) is 0 Å². The molecule has 0 unspecified atom stereocenters. The van der Waals surface area contributed by atoms with Gasteiger partial charge < -0.3 is 0 Å². The van der Waals surface area contributed by atoms with Gasteiger partial charge in [0.2, 0.25) is 11.6 Å². The van der Waals surface area contributed by atoms with Crippen LogP contribution in [0.2, 0.25) is 0 Å². The monoisotopic (exact) mass is 408 g/mol. The molecule has 1 aromatic rings. The van der Waals surface area contributed by atoms with Crippen LogP contribution in [0.25, 0.3) is 0 Å². The van der Waals surface area contributed by atoms with Crippen LogP contribution in [0.4, 0.5) is 0 Å². The third-order valence-electron chi connectivity index (χ3n) is 2.94. The van der Waals surface area contributed by atoms with Crippen LogP contribution in [0, 0.1) is 20.8 Å². The molecule has 0 N–H and O–H groups in total. The van der Waals surface area contributed by atoms with Crippen LogP contribution >= 0.6 is 69.6 Å². The number of aryl methyl sites for hydroxylation is 2. The molecule has 116 valence electrons. The molecule has 0 atom stereocenters. The highest BCUT2D eigenvalue weighted by Crippen LogP contribution is 2.37. The lowest BCUT2D eigenvalue weighted by molar-refractivity contribution is 0.0995. The molecule has 0 aliphatic heterocycles. The zero-order valence-electron chi connectivity index (χ0n) is 11.2. The highest BCUT2D eigenvalue weighted by atomic mass is 35.6. The number of benzene rings is 1. The Hall–Kier alpha value is 0.300. The average molecular weight is 411 g/mol. The maximum absolute atomic E-state index is 12.2. The van der Waals surface area contributed by atoms with Gasteiger partial charge in [-0.15, -0.1) is 0 Å². The summed E-state index contributed by atoms with van der Waals surface area (Å²) in [6.07, 6.45) is 0. The molecule has 0 heterocycles. The Balaban J connectivity index is 3.65. The molecule has 0 saturated carbocycles. The maximum atomic E-state index is 12.2. The van der Waals surface area contributed by atoms with Gasteiger partial charge in [0.15, 0.2) is 0 Å². The van der Waals surface area contributed by atoms with E-state index in [0.717, 1.165) is 0 Å². The Morgan fingerprint density at radius 1 is 0.762 bits per heavy atom. The van der Waals surface area contributed by atoms with Crippen LogP contribution in [0.1, 0.15) is 37.4 Å². The quantitative estimate of drug-likeness (QED) is 0.461. The van der Waals surface area contributed by atoms with E-state index >= 15 is 0 Å². The third-order valence-corrected chi connectivity index (χ3v) is 3.97. The topological polar surface area (TPSA) is 34.1 Å². The summed E-state index contributed by atoms with van der Waals surface area (Å²) >= 11 is 33.9. The minimum absolute atomic E-state index is 0.137. The van der Waals surface area contributed by atoms with Crippen LogP contribution in [0.15, 0.2) is 6.07 Å². The van der Waals surface area contributed by atoms with E-state index in [1.807, 2.05) is 0 Å². The lowest BCUT2D eigenvalue weighted by Crippen LogP contribution is -2.26. The minimum atomic E-state index is -2.13. The van der Waals surface area contributed by atoms with Crippen molar-refractivity contribution in [3.8, 4) is 0 Å². The van der Waals surface area contributed by atoms with Crippen LogP contribution in [-0.4, -0.2) is 19.2 Å². The van der Waals surface area contributed by atoms with Crippen molar-refractivity contribution >= 4 is 81.2 Å². The molecule has 0 amide bonds. The van der Waals surface area contributed by atoms with E-state index < -0.39 is 19.2 Å². The first-order valence-electron chi connectivity index (χ1n) is 5.62. The fourth-order valence-corrected chi connectivity index (χ4v) is 2.73. The molecule has 8 heteroatoms. The summed E-state index contributed by atoms with van der Waals surface area (Å²) < 4.78 is -4.27. The number of hydrogen-bond acceptors (Lipinski definition) is 2. The second kappa shape index (κ2) is 6.43. The van der Waals surface area contributed by atoms with Gasteiger partial charge in [-0.05, 0) is 37.5 Å². The zero-order chi connectivity index (χ0) is 16.7. The number of hydrogen-bond donors (Lipinski definition) is 0. The normalized spacial score (nSPS) is 12.4. The SMILES string of the molecule is Cc1cc(C)c(C(=O)C(Cl)(Cl)Cl)c(C)c1C(=O)C(Cl)(Cl)Cl. The first kappa shape index (κ1) is 19.3. The molecule has 0 aliphatic carbocycles. The van der Waals surface area contributed by atoms with Gasteiger partial charge in [-0.25, -0.2) is 0 Å². The predicted octanol–water partition coefficient (Wildman–Crippen LogP) is 5.72. The van der Waals surface area contributed by atoms with E-state index in [9.17, 15) is 9.59 Å². The molecule has 2 nitrogen and oxygen atoms in total. The molecule has 0 spiro atoms. The Morgan fingerprint density at radius 3 is 1.29 bits per heavy atom. The van der Waals surface area contributed by atoms with Crippen molar-refractivity contribution in [2.45, 2.75) is 28.4 Å². The smallest absolute Gasteiger partial charge is 0.253 e. The number of carbonyl (C=O) groups is 2. The summed E-state index contributed by atoms with van der Waals surface area (Å²) in [5, 5.41) is 0. The molecule has 0 bridgehead atoms. The predicted molar refractivity (Wildman–Crippen MR) is 89.9 cm³/mol. The first-order chi connectivity index (χ1) is 9.28. The van der Waals surface area contributed by atoms with E-state index in [-0.39, 0.29) is 11.1 Å². The fraction of sp³-hybridized carbons (Fsp3) is 0.385. The molecule has 1 aromatic carbocycles. The number of rotatable bonds is 2. The molecule has 0 fully saturated rings. The summed E-state index contributed by atoms with van der Waals surface area (Å²) in [4.78, 5) is 24.5. The number of ketones is 2. The lowest BCUT2D eigenvalue weighted by Gasteiger charge is -2.20. The van der Waals surface area contributed by atoms with Gasteiger partial charge in [-0.3, -0.25) is 9.59 Å². The molecule has 0 aromatic heterocycles. The second-order valence-electron chi connectivity index (χ2n) is 4.54. The first-order valence-corrected chi connectivity index (χ1v) is 7.89. The fourth-order valence-electron chi connectivity index (χ4n) is 2.17. The van der Waals surface area contributed by atoms with Gasteiger partial charge in [0.1, 0.15) is 0 Å². The van der Waals surface area contributed by atoms with Gasteiger partial charge in [-0.2, -0.15) is 0 Å². The summed E-state index contributed by atoms with van der Waals surface area (Å²) in [6.45, 7) is 4.90. The molecular formula is C13H10Cl6O2. The Bertz CT molecular complexity index is 560. The number of Topliss-reactive ketones (excluding diaryl/α,β-unsaturated/α-hetero) is 2. The highest BCUT2D eigenvalue weighted by molar-refractivity contribution is 6.78. The standard InChI is InChI=1S/C13H10Cl6O2/c1-5-4-6(2)9(11(21)13(17,18)19)7(3)8(5)10(20)12(14,15)16/h4H,1-3H3. The number of carbonyl (C=O) groups excluding carboxylic acids is 2. The summed E-state index contributed by atoms with van der Waals surface area (Å²) in [6, 6.07) is 1.61. The molecule has 1 rings (SSSR count). The van der Waals surface area contributed by atoms with Crippen LogP contribution < -0.4 is 0 Å². The zero-order valence-corrected chi connectivity index (χ0v) is 15.7. The van der Waals surface area contributed by atoms with Gasteiger partial charge in [-0.1, -0.05) is 75.7 Å². The molecule has 0 saturated heterocycles. The summed E-state index contributed by atoms with van der Waals surface area (Å²) in [5.41, 5.74) is 1.74. The van der Waals surface area contributed by atoms with Gasteiger partial charge in [0.05, 0.1) is 0 Å². The molecule has 21 heavy (non-hydrogen) atoms. The third kappa shape index (κ3) is 4.19. The second-order valence-corrected chi connectivity index (χ2v) is 9.10. The van der Waals surface area contributed by atoms with Crippen LogP contribution in [-0.2, 0) is 0 Å². The Kier molecular flexibility index (Phi) is 5.92. The molecule has 0 radical (unpaired) electrons. The molecule has 0 aliphatic rings. The minimum Gasteiger partial charge on any atom is -0.289 e.